The molecule has 0 spiro atoms. The molecule has 9 nitrogen and oxygen atoms in total. The van der Waals surface area contributed by atoms with E-state index in [4.69, 9.17) is 0 Å². The van der Waals surface area contributed by atoms with E-state index in [0.29, 0.717) is 17.3 Å². The first-order valence-corrected chi connectivity index (χ1v) is 10.6. The number of imide groups is 1. The number of nitrogens with zero attached hydrogens (tertiary/aromatic N) is 3. The quantitative estimate of drug-likeness (QED) is 0.530. The van der Waals surface area contributed by atoms with Crippen molar-refractivity contribution in [1.82, 2.24) is 19.9 Å². The van der Waals surface area contributed by atoms with Crippen LogP contribution in [-0.2, 0) is 16.1 Å². The van der Waals surface area contributed by atoms with Gasteiger partial charge in [-0.3, -0.25) is 23.8 Å². The molecule has 1 N–H and O–H groups in total. The van der Waals surface area contributed by atoms with Crippen LogP contribution in [-0.4, -0.2) is 44.8 Å². The first-order chi connectivity index (χ1) is 15.9. The van der Waals surface area contributed by atoms with E-state index in [2.05, 4.69) is 15.0 Å². The number of hydrogen-bond acceptors (Lipinski definition) is 7. The standard InChI is InChI=1S/C22H17FN4O5S/c23-16-9-5-4-8-15(16)12-17-20(29)26(22(31)33-17)11-10-24-18(28)13-27-19(25-32-21(27)30)14-6-2-1-3-7-14/h1-9,12H,10-11,13H2,(H,24,28)/b17-12-. The SMILES string of the molecule is O=C(Cn1c(-c2ccccc2)noc1=O)NCCN1C(=O)S/C(=C\c2ccccc2F)C1=O. The monoisotopic (exact) mass is 468 g/mol. The molecule has 4 rings (SSSR count). The predicted octanol–water partition coefficient (Wildman–Crippen LogP) is 2.50. The number of thioether (sulfide) groups is 1. The number of carbonyl (C=O) groups is 3. The van der Waals surface area contributed by atoms with E-state index in [1.54, 1.807) is 36.4 Å². The highest BCUT2D eigenvalue weighted by Crippen LogP contribution is 2.32. The Balaban J connectivity index is 1.36. The van der Waals surface area contributed by atoms with Gasteiger partial charge in [-0.2, -0.15) is 0 Å². The van der Waals surface area contributed by atoms with E-state index >= 15 is 0 Å². The summed E-state index contributed by atoms with van der Waals surface area (Å²) in [5, 5.41) is 5.76. The number of amides is 3. The number of benzene rings is 2. The van der Waals surface area contributed by atoms with Crippen LogP contribution in [0.2, 0.25) is 0 Å². The van der Waals surface area contributed by atoms with Crippen molar-refractivity contribution in [2.24, 2.45) is 0 Å². The molecule has 1 aromatic heterocycles. The molecule has 3 aromatic rings. The average Bonchev–Trinajstić information content (AvgIpc) is 3.30. The molecule has 1 aliphatic rings. The van der Waals surface area contributed by atoms with Crippen LogP contribution in [0.1, 0.15) is 5.56 Å². The molecule has 168 valence electrons. The van der Waals surface area contributed by atoms with Gasteiger partial charge in [0.15, 0.2) is 5.82 Å². The summed E-state index contributed by atoms with van der Waals surface area (Å²) >= 11 is 0.703. The molecule has 0 atom stereocenters. The van der Waals surface area contributed by atoms with E-state index < -0.39 is 28.6 Å². The van der Waals surface area contributed by atoms with E-state index in [1.807, 2.05) is 0 Å². The van der Waals surface area contributed by atoms with Crippen molar-refractivity contribution in [2.75, 3.05) is 13.1 Å². The number of halogens is 1. The number of rotatable bonds is 7. The minimum Gasteiger partial charge on any atom is -0.353 e. The molecule has 0 unspecified atom stereocenters. The summed E-state index contributed by atoms with van der Waals surface area (Å²) in [6, 6.07) is 14.7. The third-order valence-corrected chi connectivity index (χ3v) is 5.65. The Hall–Kier alpha value is -3.99. The van der Waals surface area contributed by atoms with Crippen molar-refractivity contribution in [3.63, 3.8) is 0 Å². The molecule has 0 saturated carbocycles. The Kier molecular flexibility index (Phi) is 6.50. The Morgan fingerprint density at radius 1 is 1.09 bits per heavy atom. The van der Waals surface area contributed by atoms with Gasteiger partial charge in [-0.1, -0.05) is 53.7 Å². The van der Waals surface area contributed by atoms with E-state index in [0.717, 1.165) is 9.47 Å². The minimum absolute atomic E-state index is 0.0233. The summed E-state index contributed by atoms with van der Waals surface area (Å²) < 4.78 is 19.6. The van der Waals surface area contributed by atoms with Crippen molar-refractivity contribution >= 4 is 34.9 Å². The molecular weight excluding hydrogens is 451 g/mol. The van der Waals surface area contributed by atoms with Crippen molar-refractivity contribution in [2.45, 2.75) is 6.54 Å². The Bertz CT molecular complexity index is 1300. The maximum Gasteiger partial charge on any atom is 0.442 e. The third-order valence-electron chi connectivity index (χ3n) is 4.74. The minimum atomic E-state index is -0.784. The lowest BCUT2D eigenvalue weighted by atomic mass is 10.2. The van der Waals surface area contributed by atoms with Crippen molar-refractivity contribution in [3.05, 3.63) is 81.4 Å². The fourth-order valence-corrected chi connectivity index (χ4v) is 3.99. The zero-order valence-corrected chi connectivity index (χ0v) is 17.9. The number of hydrogen-bond donors (Lipinski definition) is 1. The Morgan fingerprint density at radius 2 is 1.82 bits per heavy atom. The maximum atomic E-state index is 13.8. The second-order valence-electron chi connectivity index (χ2n) is 6.93. The van der Waals surface area contributed by atoms with Gasteiger partial charge in [0, 0.05) is 24.2 Å². The van der Waals surface area contributed by atoms with Crippen LogP contribution in [0.4, 0.5) is 9.18 Å². The second kappa shape index (κ2) is 9.65. The van der Waals surface area contributed by atoms with Crippen LogP contribution in [0, 0.1) is 5.82 Å². The first kappa shape index (κ1) is 22.2. The predicted molar refractivity (Wildman–Crippen MR) is 118 cm³/mol. The van der Waals surface area contributed by atoms with Crippen molar-refractivity contribution in [1.29, 1.82) is 0 Å². The molecule has 1 fully saturated rings. The zero-order valence-electron chi connectivity index (χ0n) is 17.1. The smallest absolute Gasteiger partial charge is 0.353 e. The van der Waals surface area contributed by atoms with Crippen LogP contribution in [0.5, 0.6) is 0 Å². The molecule has 3 amide bonds. The molecule has 1 saturated heterocycles. The van der Waals surface area contributed by atoms with Crippen LogP contribution in [0.15, 0.2) is 68.8 Å². The fourth-order valence-electron chi connectivity index (χ4n) is 3.14. The van der Waals surface area contributed by atoms with Crippen molar-refractivity contribution in [3.8, 4) is 11.4 Å². The molecule has 0 bridgehead atoms. The van der Waals surface area contributed by atoms with E-state index in [1.165, 1.54) is 24.3 Å². The molecular formula is C22H17FN4O5S. The Labute approximate surface area is 190 Å². The van der Waals surface area contributed by atoms with Gasteiger partial charge in [0.05, 0.1) is 4.91 Å². The lowest BCUT2D eigenvalue weighted by Crippen LogP contribution is -2.39. The molecule has 2 aromatic carbocycles. The molecule has 11 heteroatoms. The summed E-state index contributed by atoms with van der Waals surface area (Å²) in [5.74, 6) is -2.17. The summed E-state index contributed by atoms with van der Waals surface area (Å²) in [5.41, 5.74) is 0.806. The largest absolute Gasteiger partial charge is 0.442 e. The molecule has 0 aliphatic carbocycles. The summed E-state index contributed by atoms with van der Waals surface area (Å²) in [6.07, 6.45) is 1.32. The molecule has 0 radical (unpaired) electrons. The number of nitrogens with one attached hydrogen (secondary N) is 1. The van der Waals surface area contributed by atoms with Gasteiger partial charge < -0.3 is 5.32 Å². The van der Waals surface area contributed by atoms with Crippen LogP contribution >= 0.6 is 11.8 Å². The topological polar surface area (TPSA) is 115 Å². The molecule has 1 aliphatic heterocycles. The van der Waals surface area contributed by atoms with Gasteiger partial charge in [-0.15, -0.1) is 0 Å². The van der Waals surface area contributed by atoms with Crippen LogP contribution in [0.25, 0.3) is 17.5 Å². The van der Waals surface area contributed by atoms with E-state index in [9.17, 15) is 23.6 Å². The van der Waals surface area contributed by atoms with Gasteiger partial charge in [0.25, 0.3) is 11.1 Å². The number of carbonyl (C=O) groups excluding carboxylic acids is 3. The van der Waals surface area contributed by atoms with Gasteiger partial charge in [-0.25, -0.2) is 13.8 Å². The summed E-state index contributed by atoms with van der Waals surface area (Å²) in [6.45, 7) is -0.443. The highest BCUT2D eigenvalue weighted by Gasteiger charge is 2.34. The second-order valence-corrected chi connectivity index (χ2v) is 7.92. The number of aromatic nitrogens is 2. The molecule has 2 heterocycles. The lowest BCUT2D eigenvalue weighted by Gasteiger charge is -2.13. The lowest BCUT2D eigenvalue weighted by molar-refractivity contribution is -0.124. The highest BCUT2D eigenvalue weighted by molar-refractivity contribution is 8.18. The highest BCUT2D eigenvalue weighted by atomic mass is 32.2. The van der Waals surface area contributed by atoms with Crippen LogP contribution in [0.3, 0.4) is 0 Å². The van der Waals surface area contributed by atoms with Gasteiger partial charge in [-0.05, 0) is 23.9 Å². The average molecular weight is 468 g/mol. The van der Waals surface area contributed by atoms with Crippen LogP contribution < -0.4 is 11.1 Å². The summed E-state index contributed by atoms with van der Waals surface area (Å²) in [4.78, 5) is 50.1. The maximum absolute atomic E-state index is 13.8. The summed E-state index contributed by atoms with van der Waals surface area (Å²) in [7, 11) is 0. The third kappa shape index (κ3) is 4.93. The fraction of sp³-hybridized carbons (Fsp3) is 0.136. The van der Waals surface area contributed by atoms with Crippen molar-refractivity contribution < 1.29 is 23.3 Å². The van der Waals surface area contributed by atoms with E-state index in [-0.39, 0.29) is 35.9 Å². The molecule has 33 heavy (non-hydrogen) atoms. The van der Waals surface area contributed by atoms with Gasteiger partial charge in [0.2, 0.25) is 5.91 Å². The first-order valence-electron chi connectivity index (χ1n) is 9.82. The van der Waals surface area contributed by atoms with Gasteiger partial charge >= 0.3 is 5.76 Å². The van der Waals surface area contributed by atoms with Gasteiger partial charge in [0.1, 0.15) is 12.4 Å². The normalized spacial score (nSPS) is 14.8. The zero-order chi connectivity index (χ0) is 23.4. The Morgan fingerprint density at radius 3 is 2.58 bits per heavy atom.